The number of rotatable bonds is 5. The first-order chi connectivity index (χ1) is 8.49. The van der Waals surface area contributed by atoms with E-state index in [0.717, 1.165) is 5.56 Å². The van der Waals surface area contributed by atoms with Gasteiger partial charge in [-0.3, -0.25) is 5.41 Å². The van der Waals surface area contributed by atoms with Crippen molar-refractivity contribution in [1.82, 2.24) is 5.32 Å². The third kappa shape index (κ3) is 4.86. The molecule has 0 heterocycles. The number of ether oxygens (including phenoxy) is 1. The van der Waals surface area contributed by atoms with Crippen molar-refractivity contribution in [2.45, 2.75) is 20.4 Å². The molecule has 0 spiro atoms. The van der Waals surface area contributed by atoms with E-state index >= 15 is 0 Å². The molecule has 1 aromatic rings. The molecule has 0 bridgehead atoms. The molecule has 0 aliphatic rings. The highest BCUT2D eigenvalue weighted by Gasteiger charge is 2.04. The lowest BCUT2D eigenvalue weighted by Gasteiger charge is -2.09. The van der Waals surface area contributed by atoms with Crippen LogP contribution in [0.1, 0.15) is 25.0 Å². The van der Waals surface area contributed by atoms with Gasteiger partial charge < -0.3 is 15.8 Å². The van der Waals surface area contributed by atoms with Crippen LogP contribution in [0.5, 0.6) is 0 Å². The van der Waals surface area contributed by atoms with Crippen molar-refractivity contribution in [3.63, 3.8) is 0 Å². The average molecular weight is 249 g/mol. The molecule has 18 heavy (non-hydrogen) atoms. The average Bonchev–Trinajstić information content (AvgIpc) is 2.34. The summed E-state index contributed by atoms with van der Waals surface area (Å²) in [7, 11) is 0. The zero-order valence-corrected chi connectivity index (χ0v) is 10.7. The molecule has 1 amide bonds. The highest BCUT2D eigenvalue weighted by Crippen LogP contribution is 2.04. The van der Waals surface area contributed by atoms with Gasteiger partial charge in [-0.1, -0.05) is 32.0 Å². The quantitative estimate of drug-likeness (QED) is 0.549. The van der Waals surface area contributed by atoms with Gasteiger partial charge >= 0.3 is 6.09 Å². The molecular weight excluding hydrogens is 230 g/mol. The van der Waals surface area contributed by atoms with E-state index in [2.05, 4.69) is 5.32 Å². The third-order valence-corrected chi connectivity index (χ3v) is 2.22. The van der Waals surface area contributed by atoms with Crippen LogP contribution in [0.15, 0.2) is 24.3 Å². The monoisotopic (exact) mass is 249 g/mol. The zero-order valence-electron chi connectivity index (χ0n) is 10.7. The fraction of sp³-hybridized carbons (Fsp3) is 0.385. The lowest BCUT2D eigenvalue weighted by molar-refractivity contribution is 0.132. The largest absolute Gasteiger partial charge is 0.449 e. The van der Waals surface area contributed by atoms with E-state index in [0.29, 0.717) is 24.6 Å². The number of alkyl carbamates (subject to hydrolysis) is 1. The maximum absolute atomic E-state index is 11.3. The highest BCUT2D eigenvalue weighted by molar-refractivity contribution is 5.95. The van der Waals surface area contributed by atoms with Crippen LogP contribution in [-0.2, 0) is 11.3 Å². The fourth-order valence-electron chi connectivity index (χ4n) is 1.32. The van der Waals surface area contributed by atoms with E-state index in [4.69, 9.17) is 15.9 Å². The van der Waals surface area contributed by atoms with E-state index < -0.39 is 6.09 Å². The van der Waals surface area contributed by atoms with Crippen LogP contribution >= 0.6 is 0 Å². The number of nitrogens with two attached hydrogens (primary N) is 1. The van der Waals surface area contributed by atoms with Crippen LogP contribution in [0, 0.1) is 11.3 Å². The first-order valence-corrected chi connectivity index (χ1v) is 5.83. The summed E-state index contributed by atoms with van der Waals surface area (Å²) < 4.78 is 4.99. The van der Waals surface area contributed by atoms with Crippen molar-refractivity contribution in [3.8, 4) is 0 Å². The Balaban J connectivity index is 2.46. The van der Waals surface area contributed by atoms with E-state index in [1.54, 1.807) is 18.2 Å². The lowest BCUT2D eigenvalue weighted by atomic mass is 10.1. The molecule has 0 aliphatic heterocycles. The Morgan fingerprint density at radius 2 is 2.22 bits per heavy atom. The van der Waals surface area contributed by atoms with E-state index in [1.807, 2.05) is 19.9 Å². The van der Waals surface area contributed by atoms with Crippen LogP contribution in [0.2, 0.25) is 0 Å². The Morgan fingerprint density at radius 1 is 1.50 bits per heavy atom. The molecule has 0 saturated heterocycles. The Bertz CT molecular complexity index is 430. The molecule has 0 fully saturated rings. The molecule has 0 saturated carbocycles. The van der Waals surface area contributed by atoms with E-state index in [1.165, 1.54) is 0 Å². The summed E-state index contributed by atoms with van der Waals surface area (Å²) in [6.45, 7) is 4.71. The molecule has 5 heteroatoms. The minimum Gasteiger partial charge on any atom is -0.449 e. The minimum absolute atomic E-state index is 0.0132. The fourth-order valence-corrected chi connectivity index (χ4v) is 1.32. The van der Waals surface area contributed by atoms with E-state index in [-0.39, 0.29) is 5.84 Å². The second-order valence-corrected chi connectivity index (χ2v) is 4.46. The number of carbonyl (C=O) groups is 1. The van der Waals surface area contributed by atoms with E-state index in [9.17, 15) is 4.79 Å². The predicted molar refractivity (Wildman–Crippen MR) is 70.5 cm³/mol. The summed E-state index contributed by atoms with van der Waals surface area (Å²) in [5, 5.41) is 9.98. The number of amidine groups is 1. The van der Waals surface area contributed by atoms with Gasteiger partial charge in [-0.25, -0.2) is 4.79 Å². The number of benzene rings is 1. The number of nitrogen functional groups attached to an aromatic ring is 1. The lowest BCUT2D eigenvalue weighted by Crippen LogP contribution is -2.25. The maximum Gasteiger partial charge on any atom is 0.407 e. The smallest absolute Gasteiger partial charge is 0.407 e. The predicted octanol–water partition coefficient (Wildman–Crippen LogP) is 1.85. The van der Waals surface area contributed by atoms with Crippen molar-refractivity contribution in [2.24, 2.45) is 11.7 Å². The van der Waals surface area contributed by atoms with Gasteiger partial charge in [0.15, 0.2) is 0 Å². The molecule has 98 valence electrons. The standard InChI is InChI=1S/C13H19N3O2/c1-9(2)8-18-13(17)16-7-10-4-3-5-11(6-10)12(14)15/h3-6,9H,7-8H2,1-2H3,(H3,14,15)(H,16,17). The minimum atomic E-state index is -0.433. The number of hydrogen-bond acceptors (Lipinski definition) is 3. The molecule has 1 aromatic carbocycles. The van der Waals surface area contributed by atoms with Crippen molar-refractivity contribution in [3.05, 3.63) is 35.4 Å². The molecule has 4 N–H and O–H groups in total. The molecule has 0 unspecified atom stereocenters. The Kier molecular flexibility index (Phi) is 5.17. The molecule has 0 radical (unpaired) electrons. The molecular formula is C13H19N3O2. The summed E-state index contributed by atoms with van der Waals surface area (Å²) in [6.07, 6.45) is -0.433. The van der Waals surface area contributed by atoms with Gasteiger partial charge in [0.25, 0.3) is 0 Å². The van der Waals surface area contributed by atoms with Crippen molar-refractivity contribution in [2.75, 3.05) is 6.61 Å². The van der Waals surface area contributed by atoms with Crippen LogP contribution < -0.4 is 11.1 Å². The van der Waals surface area contributed by atoms with Crippen molar-refractivity contribution in [1.29, 1.82) is 5.41 Å². The molecule has 1 rings (SSSR count). The molecule has 0 aromatic heterocycles. The summed E-state index contributed by atoms with van der Waals surface area (Å²) in [5.41, 5.74) is 6.91. The SMILES string of the molecule is CC(C)COC(=O)NCc1cccc(C(=N)N)c1. The number of nitrogens with one attached hydrogen (secondary N) is 2. The number of hydrogen-bond donors (Lipinski definition) is 3. The van der Waals surface area contributed by atoms with Crippen LogP contribution in [-0.4, -0.2) is 18.5 Å². The van der Waals surface area contributed by atoms with Crippen molar-refractivity contribution >= 4 is 11.9 Å². The second-order valence-electron chi connectivity index (χ2n) is 4.46. The normalized spacial score (nSPS) is 10.2. The van der Waals surface area contributed by atoms with Gasteiger partial charge in [-0.15, -0.1) is 0 Å². The summed E-state index contributed by atoms with van der Waals surface area (Å²) in [5.74, 6) is 0.330. The highest BCUT2D eigenvalue weighted by atomic mass is 16.5. The molecule has 0 atom stereocenters. The summed E-state index contributed by atoms with van der Waals surface area (Å²) in [6, 6.07) is 7.18. The third-order valence-electron chi connectivity index (χ3n) is 2.22. The Hall–Kier alpha value is -2.04. The molecule has 5 nitrogen and oxygen atoms in total. The van der Waals surface area contributed by atoms with Gasteiger partial charge in [0, 0.05) is 12.1 Å². The van der Waals surface area contributed by atoms with Crippen LogP contribution in [0.3, 0.4) is 0 Å². The maximum atomic E-state index is 11.3. The van der Waals surface area contributed by atoms with Crippen molar-refractivity contribution < 1.29 is 9.53 Å². The number of carbonyl (C=O) groups excluding carboxylic acids is 1. The van der Waals surface area contributed by atoms with Crippen LogP contribution in [0.25, 0.3) is 0 Å². The topological polar surface area (TPSA) is 88.2 Å². The van der Waals surface area contributed by atoms with Gasteiger partial charge in [-0.2, -0.15) is 0 Å². The first-order valence-electron chi connectivity index (χ1n) is 5.83. The zero-order chi connectivity index (χ0) is 13.5. The number of amides is 1. The molecule has 0 aliphatic carbocycles. The first kappa shape index (κ1) is 14.0. The van der Waals surface area contributed by atoms with Gasteiger partial charge in [0.2, 0.25) is 0 Å². The Morgan fingerprint density at radius 3 is 2.83 bits per heavy atom. The second kappa shape index (κ2) is 6.64. The summed E-state index contributed by atoms with van der Waals surface area (Å²) in [4.78, 5) is 11.3. The van der Waals surface area contributed by atoms with Gasteiger partial charge in [0.1, 0.15) is 5.84 Å². The van der Waals surface area contributed by atoms with Crippen LogP contribution in [0.4, 0.5) is 4.79 Å². The van der Waals surface area contributed by atoms with Gasteiger partial charge in [-0.05, 0) is 17.5 Å². The Labute approximate surface area is 107 Å². The summed E-state index contributed by atoms with van der Waals surface area (Å²) >= 11 is 0. The van der Waals surface area contributed by atoms with Gasteiger partial charge in [0.05, 0.1) is 6.61 Å².